The molecule has 0 spiro atoms. The quantitative estimate of drug-likeness (QED) is 0.304. The monoisotopic (exact) mass is 571 g/mol. The number of carbonyl (C=O) groups is 2. The summed E-state index contributed by atoms with van der Waals surface area (Å²) in [7, 11) is 0. The molecule has 41 heavy (non-hydrogen) atoms. The summed E-state index contributed by atoms with van der Waals surface area (Å²) < 4.78 is 38.8. The summed E-state index contributed by atoms with van der Waals surface area (Å²) in [6, 6.07) is 13.4. The van der Waals surface area contributed by atoms with Crippen molar-refractivity contribution in [1.29, 1.82) is 0 Å². The lowest BCUT2D eigenvalue weighted by Gasteiger charge is -2.26. The molecule has 11 nitrogen and oxygen atoms in total. The third-order valence-electron chi connectivity index (χ3n) is 6.14. The Morgan fingerprint density at radius 3 is 2.54 bits per heavy atom. The Morgan fingerprint density at radius 2 is 1.83 bits per heavy atom. The van der Waals surface area contributed by atoms with Crippen molar-refractivity contribution in [3.8, 4) is 5.82 Å². The molecule has 0 unspecified atom stereocenters. The molecule has 1 saturated heterocycles. The molecular weight excluding hydrogens is 543 g/mol. The number of fused-ring (bicyclic) bond motifs is 1. The molecule has 0 aliphatic carbocycles. The number of anilines is 2. The van der Waals surface area contributed by atoms with Crippen molar-refractivity contribution in [2.75, 3.05) is 44.7 Å². The van der Waals surface area contributed by atoms with E-state index in [-0.39, 0.29) is 5.91 Å². The molecule has 3 N–H and O–H groups in total. The van der Waals surface area contributed by atoms with E-state index in [1.54, 1.807) is 35.4 Å². The fourth-order valence-electron chi connectivity index (χ4n) is 3.99. The third kappa shape index (κ3) is 7.99. The predicted molar refractivity (Wildman–Crippen MR) is 144 cm³/mol. The molecule has 0 saturated carbocycles. The number of nitrogens with one attached hydrogen (secondary N) is 2. The van der Waals surface area contributed by atoms with E-state index in [0.717, 1.165) is 60.8 Å². The normalized spacial score (nSPS) is 13.8. The number of amides is 1. The van der Waals surface area contributed by atoms with Crippen LogP contribution in [0.1, 0.15) is 16.1 Å². The van der Waals surface area contributed by atoms with Gasteiger partial charge < -0.3 is 20.5 Å². The third-order valence-corrected chi connectivity index (χ3v) is 6.14. The van der Waals surface area contributed by atoms with E-state index >= 15 is 0 Å². The molecule has 4 heterocycles. The van der Waals surface area contributed by atoms with Crippen molar-refractivity contribution in [2.45, 2.75) is 13.1 Å². The molecule has 0 atom stereocenters. The molecule has 1 fully saturated rings. The summed E-state index contributed by atoms with van der Waals surface area (Å²) >= 11 is 0. The van der Waals surface area contributed by atoms with Gasteiger partial charge >= 0.3 is 12.1 Å². The molecule has 4 aromatic rings. The summed E-state index contributed by atoms with van der Waals surface area (Å²) in [6.07, 6.45) is 0.132. The van der Waals surface area contributed by atoms with Gasteiger partial charge in [0.2, 0.25) is 0 Å². The molecular formula is C27H28F3N7O4. The summed E-state index contributed by atoms with van der Waals surface area (Å²) in [5, 5.41) is 19.0. The van der Waals surface area contributed by atoms with E-state index in [1.807, 2.05) is 37.3 Å². The maximum atomic E-state index is 12.7. The Bertz CT molecular complexity index is 1500. The van der Waals surface area contributed by atoms with E-state index in [1.165, 1.54) is 0 Å². The van der Waals surface area contributed by atoms with Crippen LogP contribution in [0.3, 0.4) is 0 Å². The van der Waals surface area contributed by atoms with Crippen molar-refractivity contribution in [1.82, 2.24) is 30.0 Å². The van der Waals surface area contributed by atoms with Crippen molar-refractivity contribution in [3.63, 3.8) is 0 Å². The van der Waals surface area contributed by atoms with Gasteiger partial charge in [0.25, 0.3) is 5.91 Å². The number of hydrogen-bond donors (Lipinski definition) is 3. The number of rotatable bonds is 7. The van der Waals surface area contributed by atoms with Crippen molar-refractivity contribution < 1.29 is 32.6 Å². The van der Waals surface area contributed by atoms with E-state index in [4.69, 9.17) is 14.6 Å². The average molecular weight is 572 g/mol. The summed E-state index contributed by atoms with van der Waals surface area (Å²) in [4.78, 5) is 32.6. The highest BCUT2D eigenvalue weighted by Gasteiger charge is 2.38. The van der Waals surface area contributed by atoms with Gasteiger partial charge in [0.05, 0.1) is 36.3 Å². The van der Waals surface area contributed by atoms with Crippen molar-refractivity contribution >= 4 is 34.2 Å². The van der Waals surface area contributed by atoms with Gasteiger partial charge in [-0.05, 0) is 49.4 Å². The van der Waals surface area contributed by atoms with Crippen LogP contribution in [0.15, 0.2) is 61.1 Å². The lowest BCUT2D eigenvalue weighted by atomic mass is 10.2. The Hall–Kier alpha value is -4.56. The number of ether oxygens (including phenoxy) is 1. The van der Waals surface area contributed by atoms with E-state index in [0.29, 0.717) is 17.9 Å². The molecule has 3 aromatic heterocycles. The van der Waals surface area contributed by atoms with Crippen LogP contribution < -0.4 is 10.6 Å². The number of hydrogen-bond acceptors (Lipinski definition) is 8. The first-order chi connectivity index (χ1) is 19.6. The fourth-order valence-corrected chi connectivity index (χ4v) is 3.99. The number of aryl methyl sites for hydroxylation is 1. The first kappa shape index (κ1) is 29.4. The van der Waals surface area contributed by atoms with Crippen molar-refractivity contribution in [2.24, 2.45) is 0 Å². The molecule has 216 valence electrons. The molecule has 0 bridgehead atoms. The van der Waals surface area contributed by atoms with Crippen LogP contribution in [-0.4, -0.2) is 87.2 Å². The van der Waals surface area contributed by atoms with Crippen LogP contribution >= 0.6 is 0 Å². The number of carboxylic acids is 1. The van der Waals surface area contributed by atoms with Gasteiger partial charge in [-0.3, -0.25) is 14.7 Å². The zero-order chi connectivity index (χ0) is 29.4. The number of benzene rings is 1. The number of morpholine rings is 1. The first-order valence-corrected chi connectivity index (χ1v) is 12.6. The summed E-state index contributed by atoms with van der Waals surface area (Å²) in [5.74, 6) is -2.28. The second kappa shape index (κ2) is 13.2. The van der Waals surface area contributed by atoms with E-state index in [2.05, 4.69) is 30.6 Å². The van der Waals surface area contributed by atoms with Gasteiger partial charge in [0.1, 0.15) is 0 Å². The number of nitrogens with zero attached hydrogens (tertiary/aromatic N) is 5. The van der Waals surface area contributed by atoms with Crippen molar-refractivity contribution in [3.05, 3.63) is 72.3 Å². The van der Waals surface area contributed by atoms with Gasteiger partial charge in [-0.15, -0.1) is 0 Å². The summed E-state index contributed by atoms with van der Waals surface area (Å²) in [6.45, 7) is 6.68. The predicted octanol–water partition coefficient (Wildman–Crippen LogP) is 3.56. The number of aliphatic carboxylic acids is 1. The van der Waals surface area contributed by atoms with Crippen LogP contribution in [0.4, 0.5) is 24.5 Å². The largest absolute Gasteiger partial charge is 0.490 e. The molecule has 1 amide bonds. The standard InChI is InChI=1S/C25H27N7O2.C2HF3O2/c1-18-22(3-2-7-26-18)30-21-4-5-23-20(15-21)17-29-32(23)24-16-19(6-8-27-24)25(33)28-9-10-31-11-13-34-14-12-31;3-2(4,5)1(6)7/h2-8,15-17,30H,9-14H2,1H3,(H,28,33);(H,6,7). The van der Waals surface area contributed by atoms with Crippen LogP contribution in [0.5, 0.6) is 0 Å². The summed E-state index contributed by atoms with van der Waals surface area (Å²) in [5.41, 5.74) is 4.31. The second-order valence-electron chi connectivity index (χ2n) is 9.01. The zero-order valence-corrected chi connectivity index (χ0v) is 22.1. The lowest BCUT2D eigenvalue weighted by Crippen LogP contribution is -2.41. The lowest BCUT2D eigenvalue weighted by molar-refractivity contribution is -0.192. The SMILES string of the molecule is Cc1ncccc1Nc1ccc2c(cnn2-c2cc(C(=O)NCCN3CCOCC3)ccn2)c1.O=C(O)C(F)(F)F. The van der Waals surface area contributed by atoms with E-state index in [9.17, 15) is 18.0 Å². The number of aromatic nitrogens is 4. The molecule has 5 rings (SSSR count). The number of carbonyl (C=O) groups excluding carboxylic acids is 1. The number of carboxylic acid groups (broad SMARTS) is 1. The van der Waals surface area contributed by atoms with Gasteiger partial charge in [-0.2, -0.15) is 18.3 Å². The van der Waals surface area contributed by atoms with Crippen LogP contribution in [0, 0.1) is 6.92 Å². The second-order valence-corrected chi connectivity index (χ2v) is 9.01. The van der Waals surface area contributed by atoms with Gasteiger partial charge in [0.15, 0.2) is 5.82 Å². The molecule has 0 radical (unpaired) electrons. The average Bonchev–Trinajstić information content (AvgIpc) is 3.38. The maximum absolute atomic E-state index is 12.7. The fraction of sp³-hybridized carbons (Fsp3) is 0.296. The smallest absolute Gasteiger partial charge is 0.475 e. The number of alkyl halides is 3. The van der Waals surface area contributed by atoms with E-state index < -0.39 is 12.1 Å². The molecule has 1 aliphatic rings. The van der Waals surface area contributed by atoms with Crippen LogP contribution in [0.2, 0.25) is 0 Å². The van der Waals surface area contributed by atoms with Gasteiger partial charge in [-0.25, -0.2) is 14.5 Å². The minimum Gasteiger partial charge on any atom is -0.475 e. The minimum atomic E-state index is -5.08. The Kier molecular flexibility index (Phi) is 9.47. The number of pyridine rings is 2. The highest BCUT2D eigenvalue weighted by molar-refractivity contribution is 5.94. The Balaban J connectivity index is 0.000000493. The highest BCUT2D eigenvalue weighted by Crippen LogP contribution is 2.25. The molecule has 1 aromatic carbocycles. The Morgan fingerprint density at radius 1 is 1.07 bits per heavy atom. The van der Waals surface area contributed by atoms with Crippen LogP contribution in [0.25, 0.3) is 16.7 Å². The van der Waals surface area contributed by atoms with Crippen LogP contribution in [-0.2, 0) is 9.53 Å². The minimum absolute atomic E-state index is 0.119. The zero-order valence-electron chi connectivity index (χ0n) is 22.1. The first-order valence-electron chi connectivity index (χ1n) is 12.6. The molecule has 1 aliphatic heterocycles. The Labute approximate surface area is 233 Å². The highest BCUT2D eigenvalue weighted by atomic mass is 19.4. The van der Waals surface area contributed by atoms with Gasteiger partial charge in [-0.1, -0.05) is 0 Å². The maximum Gasteiger partial charge on any atom is 0.490 e. The topological polar surface area (TPSA) is 134 Å². The van der Waals surface area contributed by atoms with Gasteiger partial charge in [0, 0.05) is 55.2 Å². The molecule has 14 heteroatoms. The number of halogens is 3.